The van der Waals surface area contributed by atoms with Gasteiger partial charge in [-0.25, -0.2) is 4.39 Å². The van der Waals surface area contributed by atoms with Crippen LogP contribution in [0.15, 0.2) is 36.4 Å². The quantitative estimate of drug-likeness (QED) is 0.820. The maximum Gasteiger partial charge on any atom is 0.362 e. The van der Waals surface area contributed by atoms with Crippen LogP contribution in [0.3, 0.4) is 0 Å². The van der Waals surface area contributed by atoms with E-state index in [1.807, 2.05) is 25.1 Å². The van der Waals surface area contributed by atoms with Gasteiger partial charge >= 0.3 is 6.92 Å². The van der Waals surface area contributed by atoms with E-state index in [1.165, 1.54) is 12.1 Å². The van der Waals surface area contributed by atoms with Gasteiger partial charge in [0, 0.05) is 0 Å². The first kappa shape index (κ1) is 12.4. The third-order valence-electron chi connectivity index (χ3n) is 3.60. The molecule has 0 saturated carbocycles. The Hall–Kier alpha value is -1.65. The molecule has 0 bridgehead atoms. The molecule has 0 amide bonds. The van der Waals surface area contributed by atoms with E-state index in [4.69, 9.17) is 4.65 Å². The highest BCUT2D eigenvalue weighted by atomic mass is 19.1. The van der Waals surface area contributed by atoms with Crippen molar-refractivity contribution in [2.45, 2.75) is 20.1 Å². The lowest BCUT2D eigenvalue weighted by molar-refractivity contribution is 0.282. The molecule has 0 aliphatic carbocycles. The molecule has 1 aliphatic rings. The maximum absolute atomic E-state index is 13.2. The molecule has 2 aromatic rings. The number of aryl methyl sites for hydroxylation is 1. The number of hydrogen-bond donors (Lipinski definition) is 1. The lowest BCUT2D eigenvalue weighted by Gasteiger charge is -2.12. The molecular weight excluding hydrogens is 242 g/mol. The molecule has 19 heavy (non-hydrogen) atoms. The molecule has 0 atom stereocenters. The molecule has 0 fully saturated rings. The van der Waals surface area contributed by atoms with Crippen molar-refractivity contribution in [2.75, 3.05) is 0 Å². The lowest BCUT2D eigenvalue weighted by atomic mass is 9.54. The van der Waals surface area contributed by atoms with Crippen molar-refractivity contribution in [3.05, 3.63) is 58.9 Å². The van der Waals surface area contributed by atoms with Crippen molar-refractivity contribution in [2.24, 2.45) is 0 Å². The number of hydrogen-bond acceptors (Lipinski definition) is 2. The Balaban J connectivity index is 2.06. The SMILES string of the molecule is Cc1ccc(CO)cc1B1OCc2cc(F)ccc21. The van der Waals surface area contributed by atoms with Gasteiger partial charge in [0.25, 0.3) is 0 Å². The predicted octanol–water partition coefficient (Wildman–Crippen LogP) is 1.26. The molecule has 1 heterocycles. The van der Waals surface area contributed by atoms with Crippen LogP contribution in [-0.2, 0) is 17.9 Å². The maximum atomic E-state index is 13.2. The van der Waals surface area contributed by atoms with Gasteiger partial charge in [-0.05, 0) is 41.1 Å². The van der Waals surface area contributed by atoms with Gasteiger partial charge in [-0.3, -0.25) is 0 Å². The summed E-state index contributed by atoms with van der Waals surface area (Å²) in [5.74, 6) is -0.233. The number of halogens is 1. The highest BCUT2D eigenvalue weighted by Crippen LogP contribution is 2.14. The van der Waals surface area contributed by atoms with Crippen LogP contribution in [0.1, 0.15) is 16.7 Å². The van der Waals surface area contributed by atoms with Gasteiger partial charge in [-0.15, -0.1) is 0 Å². The number of benzene rings is 2. The Morgan fingerprint density at radius 2 is 2.05 bits per heavy atom. The van der Waals surface area contributed by atoms with E-state index in [9.17, 15) is 9.50 Å². The van der Waals surface area contributed by atoms with Gasteiger partial charge in [0.2, 0.25) is 0 Å². The molecule has 1 aliphatic heterocycles. The van der Waals surface area contributed by atoms with Crippen molar-refractivity contribution >= 4 is 17.8 Å². The van der Waals surface area contributed by atoms with Gasteiger partial charge in [-0.2, -0.15) is 0 Å². The summed E-state index contributed by atoms with van der Waals surface area (Å²) in [7, 11) is 0. The van der Waals surface area contributed by atoms with Gasteiger partial charge in [0.1, 0.15) is 5.82 Å². The average molecular weight is 256 g/mol. The highest BCUT2D eigenvalue weighted by molar-refractivity contribution is 6.81. The van der Waals surface area contributed by atoms with E-state index >= 15 is 0 Å². The van der Waals surface area contributed by atoms with Crippen LogP contribution in [0.5, 0.6) is 0 Å². The summed E-state index contributed by atoms with van der Waals surface area (Å²) in [6.07, 6.45) is 0. The average Bonchev–Trinajstić information content (AvgIpc) is 2.82. The molecule has 0 saturated heterocycles. The van der Waals surface area contributed by atoms with E-state index in [0.29, 0.717) is 6.61 Å². The fourth-order valence-electron chi connectivity index (χ4n) is 2.55. The second kappa shape index (κ2) is 4.80. The van der Waals surface area contributed by atoms with Crippen molar-refractivity contribution < 1.29 is 14.2 Å². The Morgan fingerprint density at radius 3 is 2.84 bits per heavy atom. The van der Waals surface area contributed by atoms with Crippen molar-refractivity contribution in [3.63, 3.8) is 0 Å². The van der Waals surface area contributed by atoms with Crippen molar-refractivity contribution in [1.29, 1.82) is 0 Å². The van der Waals surface area contributed by atoms with E-state index in [2.05, 4.69) is 0 Å². The molecule has 0 unspecified atom stereocenters. The minimum Gasteiger partial charge on any atom is -0.423 e. The van der Waals surface area contributed by atoms with Crippen LogP contribution in [0, 0.1) is 12.7 Å². The first-order valence-corrected chi connectivity index (χ1v) is 6.29. The summed E-state index contributed by atoms with van der Waals surface area (Å²) in [5, 5.41) is 9.24. The van der Waals surface area contributed by atoms with Gasteiger partial charge in [0.05, 0.1) is 13.2 Å². The number of rotatable bonds is 2. The van der Waals surface area contributed by atoms with Crippen molar-refractivity contribution in [3.8, 4) is 0 Å². The van der Waals surface area contributed by atoms with Gasteiger partial charge in [0.15, 0.2) is 0 Å². The molecule has 0 radical (unpaired) electrons. The van der Waals surface area contributed by atoms with E-state index in [0.717, 1.165) is 27.6 Å². The smallest absolute Gasteiger partial charge is 0.362 e. The molecule has 4 heteroatoms. The van der Waals surface area contributed by atoms with Crippen LogP contribution in [0.25, 0.3) is 0 Å². The topological polar surface area (TPSA) is 29.5 Å². The zero-order valence-electron chi connectivity index (χ0n) is 10.7. The van der Waals surface area contributed by atoms with Crippen LogP contribution < -0.4 is 10.9 Å². The summed E-state index contributed by atoms with van der Waals surface area (Å²) in [4.78, 5) is 0. The molecule has 0 spiro atoms. The monoisotopic (exact) mass is 256 g/mol. The molecular formula is C15H14BFO2. The molecule has 3 rings (SSSR count). The second-order valence-corrected chi connectivity index (χ2v) is 4.88. The highest BCUT2D eigenvalue weighted by Gasteiger charge is 2.31. The van der Waals surface area contributed by atoms with Crippen molar-refractivity contribution in [1.82, 2.24) is 0 Å². The van der Waals surface area contributed by atoms with Crippen LogP contribution in [-0.4, -0.2) is 12.0 Å². The summed E-state index contributed by atoms with van der Waals surface area (Å²) in [6.45, 7) is 2.29. The Labute approximate surface area is 112 Å². The zero-order valence-corrected chi connectivity index (χ0v) is 10.7. The van der Waals surface area contributed by atoms with E-state index in [1.54, 1.807) is 6.07 Å². The molecule has 2 aromatic carbocycles. The van der Waals surface area contributed by atoms with E-state index in [-0.39, 0.29) is 19.3 Å². The minimum absolute atomic E-state index is 0.0102. The van der Waals surface area contributed by atoms with Gasteiger partial charge < -0.3 is 9.76 Å². The summed E-state index contributed by atoms with van der Waals surface area (Å²) < 4.78 is 19.0. The standard InChI is InChI=1S/C15H14BFO2/c1-10-2-3-11(8-18)6-15(10)16-14-5-4-13(17)7-12(14)9-19-16/h2-7,18H,8-9H2,1H3. The number of aliphatic hydroxyl groups is 1. The Kier molecular flexibility index (Phi) is 3.13. The molecule has 96 valence electrons. The molecule has 0 aromatic heterocycles. The summed E-state index contributed by atoms with van der Waals surface area (Å²) >= 11 is 0. The molecule has 1 N–H and O–H groups in total. The third-order valence-corrected chi connectivity index (χ3v) is 3.60. The third kappa shape index (κ3) is 2.18. The largest absolute Gasteiger partial charge is 0.423 e. The summed E-state index contributed by atoms with van der Waals surface area (Å²) in [6, 6.07) is 10.6. The lowest BCUT2D eigenvalue weighted by Crippen LogP contribution is -2.42. The Bertz CT molecular complexity index is 628. The number of fused-ring (bicyclic) bond motifs is 1. The second-order valence-electron chi connectivity index (χ2n) is 4.88. The zero-order chi connectivity index (χ0) is 13.4. The summed E-state index contributed by atoms with van der Waals surface area (Å²) in [5.41, 5.74) is 4.93. The van der Waals surface area contributed by atoms with Gasteiger partial charge in [-0.1, -0.05) is 29.8 Å². The predicted molar refractivity (Wildman–Crippen MR) is 73.3 cm³/mol. The Morgan fingerprint density at radius 1 is 1.21 bits per heavy atom. The molecule has 2 nitrogen and oxygen atoms in total. The normalized spacial score (nSPS) is 13.7. The van der Waals surface area contributed by atoms with Crippen LogP contribution >= 0.6 is 0 Å². The first-order chi connectivity index (χ1) is 9.19. The fraction of sp³-hybridized carbons (Fsp3) is 0.200. The fourth-order valence-corrected chi connectivity index (χ4v) is 2.55. The van der Waals surface area contributed by atoms with Crippen LogP contribution in [0.4, 0.5) is 4.39 Å². The minimum atomic E-state index is -0.233. The first-order valence-electron chi connectivity index (χ1n) is 6.29. The van der Waals surface area contributed by atoms with E-state index < -0.39 is 0 Å². The number of aliphatic hydroxyl groups excluding tert-OH is 1. The van der Waals surface area contributed by atoms with Crippen LogP contribution in [0.2, 0.25) is 0 Å².